The van der Waals surface area contributed by atoms with Crippen LogP contribution in [0.25, 0.3) is 21.3 Å². The van der Waals surface area contributed by atoms with Crippen molar-refractivity contribution in [1.29, 1.82) is 0 Å². The number of furan rings is 1. The van der Waals surface area contributed by atoms with E-state index in [0.717, 1.165) is 47.2 Å². The molecule has 9 heteroatoms. The van der Waals surface area contributed by atoms with Crippen molar-refractivity contribution in [1.82, 2.24) is 19.8 Å². The Morgan fingerprint density at radius 2 is 2.06 bits per heavy atom. The first-order valence-electron chi connectivity index (χ1n) is 12.0. The van der Waals surface area contributed by atoms with Crippen LogP contribution in [0.4, 0.5) is 4.79 Å². The fourth-order valence-electron chi connectivity index (χ4n) is 5.02. The van der Waals surface area contributed by atoms with E-state index in [2.05, 4.69) is 14.9 Å². The van der Waals surface area contributed by atoms with Crippen molar-refractivity contribution in [2.24, 2.45) is 0 Å². The highest BCUT2D eigenvalue weighted by Gasteiger charge is 2.42. The highest BCUT2D eigenvalue weighted by atomic mass is 32.1. The molecule has 3 saturated heterocycles. The highest BCUT2D eigenvalue weighted by Crippen LogP contribution is 2.35. The molecule has 2 atom stereocenters. The van der Waals surface area contributed by atoms with Gasteiger partial charge in [0.2, 0.25) is 0 Å². The topological polar surface area (TPSA) is 80.9 Å². The molecule has 2 bridgehead atoms. The number of aromatic nitrogens is 2. The van der Waals surface area contributed by atoms with Crippen molar-refractivity contribution in [2.75, 3.05) is 13.1 Å². The van der Waals surface area contributed by atoms with E-state index in [1.165, 1.54) is 11.3 Å². The molecule has 182 valence electrons. The third-order valence-electron chi connectivity index (χ3n) is 6.62. The molecule has 3 fully saturated rings. The van der Waals surface area contributed by atoms with Crippen LogP contribution in [-0.2, 0) is 11.3 Å². The molecule has 0 N–H and O–H groups in total. The molecule has 3 aliphatic rings. The summed E-state index contributed by atoms with van der Waals surface area (Å²) >= 11 is 1.47. The van der Waals surface area contributed by atoms with E-state index in [-0.39, 0.29) is 12.1 Å². The number of benzene rings is 1. The highest BCUT2D eigenvalue weighted by molar-refractivity contribution is 7.20. The van der Waals surface area contributed by atoms with Crippen LogP contribution in [0, 0.1) is 0 Å². The SMILES string of the molecule is CC(C)(C)OC(=O)N1C[C@@H]2CC[C@H]1CN2Cc1coc2cc(Oc3nc4ncccc4s3)ccc12. The number of rotatable bonds is 4. The van der Waals surface area contributed by atoms with Gasteiger partial charge in [-0.25, -0.2) is 9.78 Å². The van der Waals surface area contributed by atoms with Gasteiger partial charge in [-0.05, 0) is 57.9 Å². The summed E-state index contributed by atoms with van der Waals surface area (Å²) in [7, 11) is 0. The summed E-state index contributed by atoms with van der Waals surface area (Å²) in [6, 6.07) is 10.3. The second kappa shape index (κ2) is 8.49. The minimum Gasteiger partial charge on any atom is -0.464 e. The lowest BCUT2D eigenvalue weighted by molar-refractivity contribution is -0.0435. The van der Waals surface area contributed by atoms with Crippen LogP contribution >= 0.6 is 11.3 Å². The molecular formula is C26H28N4O4S. The van der Waals surface area contributed by atoms with E-state index in [0.29, 0.717) is 29.2 Å². The number of ether oxygens (including phenoxy) is 2. The number of hydrogen-bond donors (Lipinski definition) is 0. The van der Waals surface area contributed by atoms with Crippen molar-refractivity contribution in [2.45, 2.75) is 57.8 Å². The number of piperazine rings is 1. The summed E-state index contributed by atoms with van der Waals surface area (Å²) in [4.78, 5) is 25.8. The van der Waals surface area contributed by atoms with Crippen molar-refractivity contribution in [3.8, 4) is 10.9 Å². The molecule has 6 heterocycles. The number of fused-ring (bicyclic) bond motifs is 5. The van der Waals surface area contributed by atoms with E-state index in [9.17, 15) is 4.79 Å². The zero-order valence-corrected chi connectivity index (χ0v) is 20.9. The Labute approximate surface area is 207 Å². The van der Waals surface area contributed by atoms with Gasteiger partial charge in [0.05, 0.1) is 11.0 Å². The van der Waals surface area contributed by atoms with Crippen LogP contribution in [0.5, 0.6) is 10.9 Å². The van der Waals surface area contributed by atoms with E-state index in [1.54, 1.807) is 6.20 Å². The summed E-state index contributed by atoms with van der Waals surface area (Å²) in [5.74, 6) is 0.683. The molecule has 4 aromatic rings. The fourth-order valence-corrected chi connectivity index (χ4v) is 5.81. The Morgan fingerprint density at radius 3 is 2.83 bits per heavy atom. The predicted octanol–water partition coefficient (Wildman–Crippen LogP) is 5.81. The maximum atomic E-state index is 12.7. The van der Waals surface area contributed by atoms with Gasteiger partial charge in [-0.15, -0.1) is 0 Å². The molecule has 0 spiro atoms. The van der Waals surface area contributed by atoms with Gasteiger partial charge in [0, 0.05) is 54.9 Å². The molecular weight excluding hydrogens is 464 g/mol. The maximum Gasteiger partial charge on any atom is 0.410 e. The molecule has 0 radical (unpaired) electrons. The lowest BCUT2D eigenvalue weighted by Gasteiger charge is -2.51. The van der Waals surface area contributed by atoms with Gasteiger partial charge in [-0.1, -0.05) is 11.3 Å². The Balaban J connectivity index is 1.15. The zero-order valence-electron chi connectivity index (χ0n) is 20.1. The van der Waals surface area contributed by atoms with Gasteiger partial charge in [0.1, 0.15) is 16.9 Å². The molecule has 1 aromatic carbocycles. The molecule has 1 amide bonds. The molecule has 35 heavy (non-hydrogen) atoms. The van der Waals surface area contributed by atoms with Gasteiger partial charge in [0.25, 0.3) is 5.19 Å². The molecule has 7 rings (SSSR count). The third kappa shape index (κ3) is 4.46. The third-order valence-corrected chi connectivity index (χ3v) is 7.51. The number of piperidine rings is 2. The van der Waals surface area contributed by atoms with Gasteiger partial charge in [0.15, 0.2) is 5.65 Å². The van der Waals surface area contributed by atoms with Crippen molar-refractivity contribution >= 4 is 38.7 Å². The average Bonchev–Trinajstić information content (AvgIpc) is 3.41. The summed E-state index contributed by atoms with van der Waals surface area (Å²) < 4.78 is 18.5. The van der Waals surface area contributed by atoms with Gasteiger partial charge >= 0.3 is 6.09 Å². The number of amides is 1. The van der Waals surface area contributed by atoms with Crippen LogP contribution in [0.2, 0.25) is 0 Å². The van der Waals surface area contributed by atoms with Crippen LogP contribution in [-0.4, -0.2) is 56.6 Å². The molecule has 0 saturated carbocycles. The smallest absolute Gasteiger partial charge is 0.410 e. The lowest BCUT2D eigenvalue weighted by Crippen LogP contribution is -2.63. The van der Waals surface area contributed by atoms with E-state index < -0.39 is 5.60 Å². The molecule has 0 unspecified atom stereocenters. The Morgan fingerprint density at radius 1 is 1.20 bits per heavy atom. The minimum atomic E-state index is -0.477. The maximum absolute atomic E-state index is 12.7. The second-order valence-corrected chi connectivity index (χ2v) is 11.3. The van der Waals surface area contributed by atoms with Crippen molar-refractivity contribution in [3.63, 3.8) is 0 Å². The first-order valence-corrected chi connectivity index (χ1v) is 12.8. The van der Waals surface area contributed by atoms with E-state index in [1.807, 2.05) is 62.3 Å². The Bertz CT molecular complexity index is 1360. The van der Waals surface area contributed by atoms with Crippen LogP contribution in [0.15, 0.2) is 47.2 Å². The molecule has 3 aliphatic heterocycles. The number of hydrogen-bond acceptors (Lipinski definition) is 8. The summed E-state index contributed by atoms with van der Waals surface area (Å²) in [5, 5.41) is 1.64. The molecule has 3 aromatic heterocycles. The van der Waals surface area contributed by atoms with E-state index >= 15 is 0 Å². The number of nitrogens with zero attached hydrogens (tertiary/aromatic N) is 4. The number of carbonyl (C=O) groups excluding carboxylic acids is 1. The lowest BCUT2D eigenvalue weighted by atomic mass is 9.90. The Hall–Kier alpha value is -3.17. The van der Waals surface area contributed by atoms with Crippen molar-refractivity contribution in [3.05, 3.63) is 48.4 Å². The fraction of sp³-hybridized carbons (Fsp3) is 0.423. The Kier molecular flexibility index (Phi) is 5.41. The van der Waals surface area contributed by atoms with Crippen LogP contribution in [0.3, 0.4) is 0 Å². The zero-order chi connectivity index (χ0) is 24.2. The standard InChI is InChI=1S/C26H28N4O4S/c1-26(2,3)34-25(31)30-14-17-6-7-18(30)13-29(17)12-16-15-32-21-11-19(8-9-20(16)21)33-24-28-23-22(35-24)5-4-10-27-23/h4-5,8-11,15,17-18H,6-7,12-14H2,1-3H3/t17-,18-/m0/s1. The summed E-state index contributed by atoms with van der Waals surface area (Å²) in [6.07, 6.45) is 5.48. The quantitative estimate of drug-likeness (QED) is 0.355. The van der Waals surface area contributed by atoms with Crippen LogP contribution in [0.1, 0.15) is 39.2 Å². The first-order chi connectivity index (χ1) is 16.8. The number of pyridine rings is 1. The van der Waals surface area contributed by atoms with Crippen molar-refractivity contribution < 1.29 is 18.7 Å². The summed E-state index contributed by atoms with van der Waals surface area (Å²) in [6.45, 7) is 8.09. The van der Waals surface area contributed by atoms with E-state index in [4.69, 9.17) is 13.9 Å². The normalized spacial score (nSPS) is 20.6. The van der Waals surface area contributed by atoms with Gasteiger partial charge in [-0.2, -0.15) is 4.98 Å². The first kappa shape index (κ1) is 22.3. The second-order valence-electron chi connectivity index (χ2n) is 10.3. The van der Waals surface area contributed by atoms with Crippen LogP contribution < -0.4 is 4.74 Å². The van der Waals surface area contributed by atoms with Gasteiger partial charge in [-0.3, -0.25) is 4.90 Å². The number of thiazole rings is 1. The average molecular weight is 493 g/mol. The van der Waals surface area contributed by atoms with Gasteiger partial charge < -0.3 is 18.8 Å². The number of carbonyl (C=O) groups is 1. The molecule has 8 nitrogen and oxygen atoms in total. The summed E-state index contributed by atoms with van der Waals surface area (Å²) in [5.41, 5.74) is 2.15. The largest absolute Gasteiger partial charge is 0.464 e. The monoisotopic (exact) mass is 492 g/mol. The predicted molar refractivity (Wildman–Crippen MR) is 134 cm³/mol. The molecule has 0 aliphatic carbocycles. The minimum absolute atomic E-state index is 0.191.